The smallest absolute Gasteiger partial charge is 0.180 e. The van der Waals surface area contributed by atoms with Gasteiger partial charge in [-0.15, -0.1) is 0 Å². The summed E-state index contributed by atoms with van der Waals surface area (Å²) in [6.45, 7) is 6.42. The Kier molecular flexibility index (Phi) is 4.37. The molecule has 2 atom stereocenters. The fraction of sp³-hybridized carbons (Fsp3) is 0.500. The predicted molar refractivity (Wildman–Crippen MR) is 77.1 cm³/mol. The minimum absolute atomic E-state index is 0.0364. The van der Waals surface area contributed by atoms with Gasteiger partial charge >= 0.3 is 0 Å². The van der Waals surface area contributed by atoms with Crippen molar-refractivity contribution in [1.29, 1.82) is 0 Å². The van der Waals surface area contributed by atoms with Gasteiger partial charge in [0.2, 0.25) is 0 Å². The monoisotopic (exact) mass is 281 g/mol. The number of Topliss-reactive ketones (excluding diaryl/α,β-unsaturated/α-hetero) is 1. The van der Waals surface area contributed by atoms with E-state index in [9.17, 15) is 15.0 Å². The van der Waals surface area contributed by atoms with Gasteiger partial charge in [0.05, 0.1) is 12.1 Å². The Balaban J connectivity index is 2.04. The molecular weight excluding hydrogens is 262 g/mol. The second-order valence-corrected chi connectivity index (χ2v) is 6.96. The summed E-state index contributed by atoms with van der Waals surface area (Å²) >= 11 is 1.94. The van der Waals surface area contributed by atoms with Crippen molar-refractivity contribution in [3.63, 3.8) is 0 Å². The number of thioether (sulfide) groups is 1. The highest BCUT2D eigenvalue weighted by molar-refractivity contribution is 8.00. The summed E-state index contributed by atoms with van der Waals surface area (Å²) in [5.41, 5.74) is 0.274. The lowest BCUT2D eigenvalue weighted by Crippen LogP contribution is -2.42. The number of phenolic OH excluding ortho intramolecular Hbond substituents is 2. The van der Waals surface area contributed by atoms with E-state index in [4.69, 9.17) is 0 Å². The minimum Gasteiger partial charge on any atom is -0.508 e. The third kappa shape index (κ3) is 3.64. The lowest BCUT2D eigenvalue weighted by atomic mass is 10.1. The van der Waals surface area contributed by atoms with E-state index in [2.05, 4.69) is 18.7 Å². The molecule has 104 valence electrons. The Morgan fingerprint density at radius 1 is 1.32 bits per heavy atom. The molecule has 0 bridgehead atoms. The van der Waals surface area contributed by atoms with Gasteiger partial charge in [-0.05, 0) is 12.1 Å². The lowest BCUT2D eigenvalue weighted by molar-refractivity contribution is 0.0927. The van der Waals surface area contributed by atoms with Gasteiger partial charge in [-0.25, -0.2) is 0 Å². The fourth-order valence-corrected chi connectivity index (χ4v) is 3.84. The molecule has 0 amide bonds. The Bertz CT molecular complexity index is 468. The molecule has 1 saturated heterocycles. The van der Waals surface area contributed by atoms with E-state index < -0.39 is 0 Å². The molecule has 2 unspecified atom stereocenters. The van der Waals surface area contributed by atoms with Crippen molar-refractivity contribution in [2.75, 3.05) is 19.6 Å². The molecule has 19 heavy (non-hydrogen) atoms. The van der Waals surface area contributed by atoms with Gasteiger partial charge in [0.25, 0.3) is 0 Å². The van der Waals surface area contributed by atoms with Gasteiger partial charge in [0, 0.05) is 29.7 Å². The molecule has 0 aliphatic carbocycles. The van der Waals surface area contributed by atoms with Crippen LogP contribution in [0.4, 0.5) is 0 Å². The Labute approximate surface area is 117 Å². The van der Waals surface area contributed by atoms with Crippen molar-refractivity contribution < 1.29 is 15.0 Å². The molecule has 0 spiro atoms. The number of benzene rings is 1. The van der Waals surface area contributed by atoms with Crippen LogP contribution in [-0.4, -0.2) is 51.0 Å². The summed E-state index contributed by atoms with van der Waals surface area (Å²) in [5.74, 6) is -0.299. The summed E-state index contributed by atoms with van der Waals surface area (Å²) in [5, 5.41) is 20.0. The average molecular weight is 281 g/mol. The minimum atomic E-state index is -0.155. The van der Waals surface area contributed by atoms with E-state index in [0.29, 0.717) is 17.0 Å². The van der Waals surface area contributed by atoms with Crippen LogP contribution in [0.15, 0.2) is 18.2 Å². The maximum atomic E-state index is 12.2. The van der Waals surface area contributed by atoms with Crippen LogP contribution in [0.1, 0.15) is 24.2 Å². The SMILES string of the molecule is CC1CN(CC(=O)c2ccc(O)cc2O)CC(C)S1. The van der Waals surface area contributed by atoms with Crippen molar-refractivity contribution in [2.45, 2.75) is 24.3 Å². The summed E-state index contributed by atoms with van der Waals surface area (Å²) in [6.07, 6.45) is 0. The molecule has 2 N–H and O–H groups in total. The van der Waals surface area contributed by atoms with E-state index in [0.717, 1.165) is 13.1 Å². The van der Waals surface area contributed by atoms with E-state index in [1.54, 1.807) is 0 Å². The Morgan fingerprint density at radius 3 is 2.53 bits per heavy atom. The number of rotatable bonds is 3. The zero-order valence-corrected chi connectivity index (χ0v) is 12.0. The molecule has 1 aromatic carbocycles. The van der Waals surface area contributed by atoms with E-state index in [-0.39, 0.29) is 22.8 Å². The van der Waals surface area contributed by atoms with E-state index >= 15 is 0 Å². The maximum absolute atomic E-state index is 12.2. The number of nitrogens with zero attached hydrogens (tertiary/aromatic N) is 1. The highest BCUT2D eigenvalue weighted by Gasteiger charge is 2.24. The topological polar surface area (TPSA) is 60.8 Å². The first-order valence-corrected chi connectivity index (χ1v) is 7.33. The van der Waals surface area contributed by atoms with Gasteiger partial charge in [-0.3, -0.25) is 9.69 Å². The highest BCUT2D eigenvalue weighted by Crippen LogP contribution is 2.26. The molecule has 0 saturated carbocycles. The van der Waals surface area contributed by atoms with Gasteiger partial charge in [-0.2, -0.15) is 11.8 Å². The van der Waals surface area contributed by atoms with Crippen LogP contribution in [0.3, 0.4) is 0 Å². The quantitative estimate of drug-likeness (QED) is 0.831. The number of hydrogen-bond acceptors (Lipinski definition) is 5. The second kappa shape index (κ2) is 5.84. The number of phenols is 2. The van der Waals surface area contributed by atoms with Crippen LogP contribution in [0, 0.1) is 0 Å². The van der Waals surface area contributed by atoms with Gasteiger partial charge in [0.1, 0.15) is 11.5 Å². The molecule has 0 aromatic heterocycles. The van der Waals surface area contributed by atoms with Crippen molar-refractivity contribution in [3.8, 4) is 11.5 Å². The first kappa shape index (κ1) is 14.2. The summed E-state index contributed by atoms with van der Waals surface area (Å²) in [4.78, 5) is 14.3. The fourth-order valence-electron chi connectivity index (χ4n) is 2.46. The summed E-state index contributed by atoms with van der Waals surface area (Å²) < 4.78 is 0. The Hall–Kier alpha value is -1.20. The summed E-state index contributed by atoms with van der Waals surface area (Å²) in [7, 11) is 0. The van der Waals surface area contributed by atoms with E-state index in [1.165, 1.54) is 18.2 Å². The van der Waals surface area contributed by atoms with Gasteiger partial charge in [0.15, 0.2) is 5.78 Å². The van der Waals surface area contributed by atoms with Crippen LogP contribution in [0.5, 0.6) is 11.5 Å². The lowest BCUT2D eigenvalue weighted by Gasteiger charge is -2.34. The first-order chi connectivity index (χ1) is 8.95. The third-order valence-electron chi connectivity index (χ3n) is 3.14. The van der Waals surface area contributed by atoms with Crippen molar-refractivity contribution >= 4 is 17.5 Å². The normalized spacial score (nSPS) is 24.3. The van der Waals surface area contributed by atoms with Crippen molar-refractivity contribution in [2.24, 2.45) is 0 Å². The van der Waals surface area contributed by atoms with Crippen LogP contribution in [-0.2, 0) is 0 Å². The highest BCUT2D eigenvalue weighted by atomic mass is 32.2. The summed E-state index contributed by atoms with van der Waals surface area (Å²) in [6, 6.07) is 4.09. The largest absolute Gasteiger partial charge is 0.508 e. The van der Waals surface area contributed by atoms with Gasteiger partial charge < -0.3 is 10.2 Å². The molecule has 0 radical (unpaired) electrons. The molecule has 4 nitrogen and oxygen atoms in total. The van der Waals surface area contributed by atoms with E-state index in [1.807, 2.05) is 11.8 Å². The number of aromatic hydroxyl groups is 2. The van der Waals surface area contributed by atoms with Crippen LogP contribution in [0.2, 0.25) is 0 Å². The van der Waals surface area contributed by atoms with Gasteiger partial charge in [-0.1, -0.05) is 13.8 Å². The molecule has 1 aromatic rings. The van der Waals surface area contributed by atoms with Crippen LogP contribution in [0.25, 0.3) is 0 Å². The van der Waals surface area contributed by atoms with Crippen LogP contribution < -0.4 is 0 Å². The van der Waals surface area contributed by atoms with Crippen LogP contribution >= 0.6 is 11.8 Å². The molecule has 1 aliphatic rings. The van der Waals surface area contributed by atoms with Crippen molar-refractivity contribution in [1.82, 2.24) is 4.90 Å². The molecule has 2 rings (SSSR count). The number of ketones is 1. The Morgan fingerprint density at radius 2 is 1.95 bits per heavy atom. The molecule has 5 heteroatoms. The third-order valence-corrected chi connectivity index (χ3v) is 4.37. The number of hydrogen-bond donors (Lipinski definition) is 2. The number of carbonyl (C=O) groups is 1. The standard InChI is InChI=1S/C14H19NO3S/c1-9-6-15(7-10(2)19-9)8-14(18)12-4-3-11(16)5-13(12)17/h3-5,9-10,16-17H,6-8H2,1-2H3. The second-order valence-electron chi connectivity index (χ2n) is 5.08. The molecule has 1 heterocycles. The molecular formula is C14H19NO3S. The molecule has 1 aliphatic heterocycles. The molecule has 1 fully saturated rings. The average Bonchev–Trinajstić information content (AvgIpc) is 2.26. The number of carbonyl (C=O) groups excluding carboxylic acids is 1. The maximum Gasteiger partial charge on any atom is 0.180 e. The zero-order chi connectivity index (χ0) is 14.0. The zero-order valence-electron chi connectivity index (χ0n) is 11.2. The van der Waals surface area contributed by atoms with Crippen molar-refractivity contribution in [3.05, 3.63) is 23.8 Å². The predicted octanol–water partition coefficient (Wildman–Crippen LogP) is 2.11. The first-order valence-electron chi connectivity index (χ1n) is 6.38.